The summed E-state index contributed by atoms with van der Waals surface area (Å²) in [6, 6.07) is 12.6. The molecular weight excluding hydrogens is 228 g/mol. The van der Waals surface area contributed by atoms with Gasteiger partial charge in [0.05, 0.1) is 0 Å². The lowest BCUT2D eigenvalue weighted by molar-refractivity contribution is 0.100. The third-order valence-electron chi connectivity index (χ3n) is 2.73. The van der Waals surface area contributed by atoms with Gasteiger partial charge in [-0.1, -0.05) is 12.1 Å². The minimum absolute atomic E-state index is 0.417. The third-order valence-corrected chi connectivity index (χ3v) is 2.73. The van der Waals surface area contributed by atoms with Gasteiger partial charge in [0.2, 0.25) is 5.91 Å². The van der Waals surface area contributed by atoms with Crippen LogP contribution in [0.4, 0.5) is 5.69 Å². The number of nitrogens with zero attached hydrogens (tertiary/aromatic N) is 1. The molecule has 3 rings (SSSR count). The zero-order valence-corrected chi connectivity index (χ0v) is 9.46. The number of para-hydroxylation sites is 1. The fourth-order valence-corrected chi connectivity index (χ4v) is 1.80. The molecule has 18 heavy (non-hydrogen) atoms. The first-order valence-corrected chi connectivity index (χ1v) is 5.49. The number of hydrogen-bond acceptors (Lipinski definition) is 3. The molecule has 0 aromatic heterocycles. The Morgan fingerprint density at radius 2 is 1.94 bits per heavy atom. The van der Waals surface area contributed by atoms with E-state index in [1.807, 2.05) is 24.3 Å². The molecule has 0 fully saturated rings. The van der Waals surface area contributed by atoms with Crippen LogP contribution in [0, 0.1) is 0 Å². The van der Waals surface area contributed by atoms with Gasteiger partial charge in [0, 0.05) is 17.3 Å². The van der Waals surface area contributed by atoms with Gasteiger partial charge in [0.15, 0.2) is 5.75 Å². The highest BCUT2D eigenvalue weighted by Crippen LogP contribution is 2.36. The van der Waals surface area contributed by atoms with Crippen LogP contribution < -0.4 is 10.5 Å². The molecule has 0 bridgehead atoms. The normalized spacial score (nSPS) is 12.0. The first-order chi connectivity index (χ1) is 8.74. The van der Waals surface area contributed by atoms with Crippen molar-refractivity contribution in [3.63, 3.8) is 0 Å². The number of hydrogen-bond donors (Lipinski definition) is 1. The Labute approximate surface area is 104 Å². The summed E-state index contributed by atoms with van der Waals surface area (Å²) in [5, 5.41) is 0. The summed E-state index contributed by atoms with van der Waals surface area (Å²) < 4.78 is 5.76. The van der Waals surface area contributed by atoms with Crippen molar-refractivity contribution < 1.29 is 9.53 Å². The maximum Gasteiger partial charge on any atom is 0.248 e. The number of primary amides is 1. The quantitative estimate of drug-likeness (QED) is 0.708. The number of carbonyl (C=O) groups excluding carboxylic acids is 1. The number of ether oxygens (including phenoxy) is 1. The number of amides is 1. The van der Waals surface area contributed by atoms with Crippen LogP contribution in [0.5, 0.6) is 11.5 Å². The van der Waals surface area contributed by atoms with E-state index in [9.17, 15) is 4.79 Å². The zero-order chi connectivity index (χ0) is 12.5. The minimum atomic E-state index is -0.477. The summed E-state index contributed by atoms with van der Waals surface area (Å²) in [7, 11) is 0. The molecule has 0 unspecified atom stereocenters. The third kappa shape index (κ3) is 1.73. The minimum Gasteiger partial charge on any atom is -0.454 e. The van der Waals surface area contributed by atoms with Gasteiger partial charge in [-0.05, 0) is 30.3 Å². The first-order valence-electron chi connectivity index (χ1n) is 5.49. The van der Waals surface area contributed by atoms with Crippen molar-refractivity contribution in [2.45, 2.75) is 0 Å². The molecule has 0 atom stereocenters. The van der Waals surface area contributed by atoms with Crippen LogP contribution >= 0.6 is 0 Å². The van der Waals surface area contributed by atoms with Gasteiger partial charge in [0.1, 0.15) is 11.4 Å². The number of benzene rings is 2. The lowest BCUT2D eigenvalue weighted by atomic mass is 10.2. The number of nitrogens with two attached hydrogens (primary N) is 1. The van der Waals surface area contributed by atoms with E-state index >= 15 is 0 Å². The average Bonchev–Trinajstić information content (AvgIpc) is 2.56. The molecular formula is C14H10N2O2. The number of rotatable bonds is 1. The Hall–Kier alpha value is -2.62. The second-order valence-electron chi connectivity index (χ2n) is 3.94. The molecule has 0 saturated carbocycles. The van der Waals surface area contributed by atoms with Crippen LogP contribution in [-0.4, -0.2) is 12.1 Å². The molecule has 1 heterocycles. The molecule has 1 amide bonds. The summed E-state index contributed by atoms with van der Waals surface area (Å²) in [5.74, 6) is 0.878. The fourth-order valence-electron chi connectivity index (χ4n) is 1.80. The smallest absolute Gasteiger partial charge is 0.248 e. The second-order valence-corrected chi connectivity index (χ2v) is 3.94. The van der Waals surface area contributed by atoms with Crippen LogP contribution in [0.15, 0.2) is 47.5 Å². The fraction of sp³-hybridized carbons (Fsp3) is 0. The standard InChI is InChI=1S/C14H10N2O2/c15-14(17)9-5-6-13-11(7-9)16-8-10-3-1-2-4-12(10)18-13/h1-8H,(H2,15,17). The van der Waals surface area contributed by atoms with Gasteiger partial charge >= 0.3 is 0 Å². The maximum absolute atomic E-state index is 11.1. The lowest BCUT2D eigenvalue weighted by Gasteiger charge is -2.07. The van der Waals surface area contributed by atoms with E-state index in [4.69, 9.17) is 10.5 Å². The molecule has 4 heteroatoms. The molecule has 2 N–H and O–H groups in total. The van der Waals surface area contributed by atoms with E-state index in [1.54, 1.807) is 24.4 Å². The molecule has 1 aliphatic rings. The van der Waals surface area contributed by atoms with Crippen LogP contribution in [0.1, 0.15) is 15.9 Å². The molecule has 0 radical (unpaired) electrons. The molecule has 2 aromatic rings. The van der Waals surface area contributed by atoms with Crippen molar-refractivity contribution in [3.05, 3.63) is 53.6 Å². The number of fused-ring (bicyclic) bond motifs is 2. The highest BCUT2D eigenvalue weighted by Gasteiger charge is 2.12. The maximum atomic E-state index is 11.1. The van der Waals surface area contributed by atoms with Gasteiger partial charge < -0.3 is 10.5 Å². The van der Waals surface area contributed by atoms with Gasteiger partial charge in [-0.2, -0.15) is 0 Å². The van der Waals surface area contributed by atoms with E-state index in [-0.39, 0.29) is 0 Å². The molecule has 0 spiro atoms. The van der Waals surface area contributed by atoms with Crippen molar-refractivity contribution in [2.75, 3.05) is 0 Å². The van der Waals surface area contributed by atoms with E-state index in [0.717, 1.165) is 11.3 Å². The summed E-state index contributed by atoms with van der Waals surface area (Å²) in [6.45, 7) is 0. The van der Waals surface area contributed by atoms with Gasteiger partial charge in [-0.25, -0.2) is 0 Å². The highest BCUT2D eigenvalue weighted by molar-refractivity contribution is 5.95. The van der Waals surface area contributed by atoms with E-state index < -0.39 is 5.91 Å². The van der Waals surface area contributed by atoms with Crippen LogP contribution in [0.2, 0.25) is 0 Å². The predicted octanol–water partition coefficient (Wildman–Crippen LogP) is 2.64. The average molecular weight is 238 g/mol. The monoisotopic (exact) mass is 238 g/mol. The first kappa shape index (κ1) is 10.5. The molecule has 0 aliphatic carbocycles. The van der Waals surface area contributed by atoms with Crippen molar-refractivity contribution in [3.8, 4) is 11.5 Å². The number of carbonyl (C=O) groups is 1. The van der Waals surface area contributed by atoms with Crippen molar-refractivity contribution >= 4 is 17.8 Å². The second kappa shape index (κ2) is 4.00. The summed E-state index contributed by atoms with van der Waals surface area (Å²) in [5.41, 5.74) is 7.15. The van der Waals surface area contributed by atoms with Crippen LogP contribution in [0.25, 0.3) is 0 Å². The molecule has 88 valence electrons. The van der Waals surface area contributed by atoms with Crippen molar-refractivity contribution in [1.29, 1.82) is 0 Å². The van der Waals surface area contributed by atoms with Gasteiger partial charge in [-0.15, -0.1) is 0 Å². The Bertz CT molecular complexity index is 663. The largest absolute Gasteiger partial charge is 0.454 e. The SMILES string of the molecule is NC(=O)c1ccc2c(c1)N=Cc1ccccc1O2. The summed E-state index contributed by atoms with van der Waals surface area (Å²) in [4.78, 5) is 15.4. The topological polar surface area (TPSA) is 64.7 Å². The summed E-state index contributed by atoms with van der Waals surface area (Å²) >= 11 is 0. The van der Waals surface area contributed by atoms with Crippen molar-refractivity contribution in [2.24, 2.45) is 10.7 Å². The molecule has 0 saturated heterocycles. The Balaban J connectivity index is 2.12. The Morgan fingerprint density at radius 1 is 1.11 bits per heavy atom. The van der Waals surface area contributed by atoms with Crippen molar-refractivity contribution in [1.82, 2.24) is 0 Å². The zero-order valence-electron chi connectivity index (χ0n) is 9.46. The molecule has 1 aliphatic heterocycles. The van der Waals surface area contributed by atoms with Crippen LogP contribution in [0.3, 0.4) is 0 Å². The summed E-state index contributed by atoms with van der Waals surface area (Å²) in [6.07, 6.45) is 1.71. The number of aliphatic imine (C=N–C) groups is 1. The predicted molar refractivity (Wildman–Crippen MR) is 68.7 cm³/mol. The highest BCUT2D eigenvalue weighted by atomic mass is 16.5. The molecule has 4 nitrogen and oxygen atoms in total. The Morgan fingerprint density at radius 3 is 2.78 bits per heavy atom. The van der Waals surface area contributed by atoms with E-state index in [2.05, 4.69) is 4.99 Å². The van der Waals surface area contributed by atoms with Gasteiger partial charge in [0.25, 0.3) is 0 Å². The van der Waals surface area contributed by atoms with Gasteiger partial charge in [-0.3, -0.25) is 9.79 Å². The Kier molecular flexibility index (Phi) is 2.34. The van der Waals surface area contributed by atoms with Crippen LogP contribution in [-0.2, 0) is 0 Å². The van der Waals surface area contributed by atoms with E-state index in [0.29, 0.717) is 17.0 Å². The lowest BCUT2D eigenvalue weighted by Crippen LogP contribution is -2.10. The molecule has 2 aromatic carbocycles. The van der Waals surface area contributed by atoms with E-state index in [1.165, 1.54) is 0 Å².